The molecule has 0 saturated heterocycles. The highest BCUT2D eigenvalue weighted by Gasteiger charge is 2.44. The first-order chi connectivity index (χ1) is 21.3. The minimum atomic E-state index is -0.838. The third-order valence-electron chi connectivity index (χ3n) is 8.18. The number of aliphatic imine (C=N–C) groups is 2. The minimum absolute atomic E-state index is 0.204. The SMILES string of the molecule is COC(=O)[C@H](CC1CN(C(c2ccccc2)(c2ccccc2)c2ccccc2)C=N1)NC(=O)N(C)CC1CN=C(C(C)C)S1. The highest BCUT2D eigenvalue weighted by Crippen LogP contribution is 2.43. The molecule has 44 heavy (non-hydrogen) atoms. The van der Waals surface area contributed by atoms with Crippen LogP contribution in [0.25, 0.3) is 0 Å². The van der Waals surface area contributed by atoms with E-state index in [1.165, 1.54) is 7.11 Å². The Bertz CT molecular complexity index is 1370. The van der Waals surface area contributed by atoms with Gasteiger partial charge in [0.15, 0.2) is 0 Å². The lowest BCUT2D eigenvalue weighted by molar-refractivity contribution is -0.143. The predicted molar refractivity (Wildman–Crippen MR) is 178 cm³/mol. The van der Waals surface area contributed by atoms with Gasteiger partial charge in [0, 0.05) is 37.7 Å². The highest BCUT2D eigenvalue weighted by atomic mass is 32.2. The Kier molecular flexibility index (Phi) is 10.0. The standard InChI is InChI=1S/C35H41N5O3S/c1-25(2)32-36-21-30(44-32)23-39(3)34(42)38-31(33(41)43-4)20-29-22-40(24-37-29)35(26-14-8-5-9-15-26,27-16-10-6-11-17-27)28-18-12-7-13-19-28/h5-19,24-25,29-31H,20-23H2,1-4H3,(H,38,42)/t29?,30?,31-/m0/s1. The molecule has 2 unspecified atom stereocenters. The van der Waals surface area contributed by atoms with Crippen molar-refractivity contribution in [3.8, 4) is 0 Å². The number of esters is 1. The molecule has 2 aliphatic rings. The molecule has 2 amide bonds. The zero-order chi connectivity index (χ0) is 31.1. The number of hydrogen-bond donors (Lipinski definition) is 1. The summed E-state index contributed by atoms with van der Waals surface area (Å²) in [6.07, 6.45) is 2.20. The number of nitrogens with one attached hydrogen (secondary N) is 1. The van der Waals surface area contributed by atoms with E-state index in [0.717, 1.165) is 21.7 Å². The molecule has 3 aromatic carbocycles. The van der Waals surface area contributed by atoms with Crippen LogP contribution in [0.2, 0.25) is 0 Å². The largest absolute Gasteiger partial charge is 0.467 e. The van der Waals surface area contributed by atoms with E-state index < -0.39 is 17.6 Å². The van der Waals surface area contributed by atoms with Crippen LogP contribution in [0.1, 0.15) is 37.0 Å². The number of hydrogen-bond acceptors (Lipinski definition) is 7. The molecule has 0 radical (unpaired) electrons. The molecule has 3 aromatic rings. The molecule has 5 rings (SSSR count). The average molecular weight is 612 g/mol. The van der Waals surface area contributed by atoms with Crippen LogP contribution in [0, 0.1) is 5.92 Å². The molecule has 9 heteroatoms. The van der Waals surface area contributed by atoms with Crippen molar-refractivity contribution < 1.29 is 14.3 Å². The number of amides is 2. The number of thioether (sulfide) groups is 1. The van der Waals surface area contributed by atoms with Crippen LogP contribution >= 0.6 is 11.8 Å². The van der Waals surface area contributed by atoms with Crippen molar-refractivity contribution in [2.75, 3.05) is 33.8 Å². The van der Waals surface area contributed by atoms with Crippen LogP contribution in [0.15, 0.2) is 101 Å². The van der Waals surface area contributed by atoms with E-state index >= 15 is 0 Å². The molecule has 0 spiro atoms. The monoisotopic (exact) mass is 611 g/mol. The second kappa shape index (κ2) is 14.1. The van der Waals surface area contributed by atoms with Gasteiger partial charge in [0.05, 0.1) is 31.1 Å². The molecule has 0 fully saturated rings. The zero-order valence-corrected chi connectivity index (χ0v) is 26.6. The lowest BCUT2D eigenvalue weighted by Crippen LogP contribution is -2.51. The van der Waals surface area contributed by atoms with Crippen LogP contribution in [0.5, 0.6) is 0 Å². The van der Waals surface area contributed by atoms with Gasteiger partial charge in [0.25, 0.3) is 0 Å². The predicted octanol–water partition coefficient (Wildman–Crippen LogP) is 5.43. The Morgan fingerprint density at radius 1 is 0.977 bits per heavy atom. The van der Waals surface area contributed by atoms with Gasteiger partial charge in [-0.1, -0.05) is 105 Å². The third kappa shape index (κ3) is 6.68. The topological polar surface area (TPSA) is 86.6 Å². The summed E-state index contributed by atoms with van der Waals surface area (Å²) in [6, 6.07) is 29.9. The van der Waals surface area contributed by atoms with Crippen molar-refractivity contribution >= 4 is 35.1 Å². The molecule has 3 atom stereocenters. The number of urea groups is 1. The number of ether oxygens (including phenoxy) is 1. The Morgan fingerprint density at radius 2 is 1.52 bits per heavy atom. The first-order valence-corrected chi connectivity index (χ1v) is 16.0. The van der Waals surface area contributed by atoms with Gasteiger partial charge in [-0.05, 0) is 16.7 Å². The van der Waals surface area contributed by atoms with Gasteiger partial charge in [-0.2, -0.15) is 0 Å². The van der Waals surface area contributed by atoms with Crippen LogP contribution in [0.4, 0.5) is 4.79 Å². The van der Waals surface area contributed by atoms with Gasteiger partial charge >= 0.3 is 12.0 Å². The van der Waals surface area contributed by atoms with Crippen LogP contribution in [-0.4, -0.2) is 84.3 Å². The smallest absolute Gasteiger partial charge is 0.328 e. The maximum atomic E-state index is 13.2. The number of carbonyl (C=O) groups excluding carboxylic acids is 2. The van der Waals surface area contributed by atoms with Gasteiger partial charge in [0.1, 0.15) is 11.6 Å². The summed E-state index contributed by atoms with van der Waals surface area (Å²) in [5.74, 6) is -0.106. The van der Waals surface area contributed by atoms with Crippen molar-refractivity contribution in [2.24, 2.45) is 15.9 Å². The fourth-order valence-corrected chi connectivity index (χ4v) is 7.23. The van der Waals surface area contributed by atoms with Crippen LogP contribution in [-0.2, 0) is 15.1 Å². The van der Waals surface area contributed by atoms with Gasteiger partial charge < -0.3 is 19.9 Å². The summed E-state index contributed by atoms with van der Waals surface area (Å²) in [6.45, 7) is 6.03. The fraction of sp³-hybridized carbons (Fsp3) is 0.371. The molecule has 0 aliphatic carbocycles. The number of nitrogens with zero attached hydrogens (tertiary/aromatic N) is 4. The Labute approximate surface area is 264 Å². The first kappa shape index (κ1) is 31.3. The van der Waals surface area contributed by atoms with Gasteiger partial charge in [0.2, 0.25) is 0 Å². The van der Waals surface area contributed by atoms with Gasteiger partial charge in [-0.3, -0.25) is 9.98 Å². The molecule has 2 aliphatic heterocycles. The van der Waals surface area contributed by atoms with E-state index in [2.05, 4.69) is 102 Å². The van der Waals surface area contributed by atoms with E-state index in [4.69, 9.17) is 9.73 Å². The summed E-state index contributed by atoms with van der Waals surface area (Å²) in [5.41, 5.74) is 2.68. The maximum absolute atomic E-state index is 13.2. The van der Waals surface area contributed by atoms with Gasteiger partial charge in [-0.15, -0.1) is 11.8 Å². The normalized spacial score (nSPS) is 18.7. The quantitative estimate of drug-likeness (QED) is 0.231. The minimum Gasteiger partial charge on any atom is -0.467 e. The maximum Gasteiger partial charge on any atom is 0.328 e. The zero-order valence-electron chi connectivity index (χ0n) is 25.8. The molecular weight excluding hydrogens is 570 g/mol. The van der Waals surface area contributed by atoms with Crippen molar-refractivity contribution in [1.29, 1.82) is 0 Å². The number of carbonyl (C=O) groups is 2. The van der Waals surface area contributed by atoms with Gasteiger partial charge in [-0.25, -0.2) is 9.59 Å². The van der Waals surface area contributed by atoms with Crippen LogP contribution in [0.3, 0.4) is 0 Å². The molecule has 8 nitrogen and oxygen atoms in total. The second-order valence-corrected chi connectivity index (χ2v) is 12.9. The lowest BCUT2D eigenvalue weighted by atomic mass is 9.75. The van der Waals surface area contributed by atoms with E-state index in [9.17, 15) is 9.59 Å². The molecule has 0 saturated carbocycles. The summed E-state index contributed by atoms with van der Waals surface area (Å²) in [4.78, 5) is 39.5. The lowest BCUT2D eigenvalue weighted by Gasteiger charge is -2.43. The van der Waals surface area contributed by atoms with Crippen molar-refractivity contribution in [3.63, 3.8) is 0 Å². The second-order valence-electron chi connectivity index (χ2n) is 11.6. The first-order valence-electron chi connectivity index (χ1n) is 15.1. The molecule has 0 bridgehead atoms. The molecule has 1 N–H and O–H groups in total. The van der Waals surface area contributed by atoms with Crippen molar-refractivity contribution in [3.05, 3.63) is 108 Å². The van der Waals surface area contributed by atoms with Crippen molar-refractivity contribution in [1.82, 2.24) is 15.1 Å². The molecular formula is C35H41N5O3S. The molecule has 0 aromatic heterocycles. The highest BCUT2D eigenvalue weighted by molar-refractivity contribution is 8.14. The summed E-state index contributed by atoms with van der Waals surface area (Å²) < 4.78 is 5.12. The Morgan fingerprint density at radius 3 is 2.00 bits per heavy atom. The van der Waals surface area contributed by atoms with E-state index in [-0.39, 0.29) is 17.3 Å². The van der Waals surface area contributed by atoms with Crippen LogP contribution < -0.4 is 5.32 Å². The average Bonchev–Trinajstić information content (AvgIpc) is 3.73. The summed E-state index contributed by atoms with van der Waals surface area (Å²) in [5, 5.41) is 4.25. The number of rotatable bonds is 11. The Hall–Kier alpha value is -4.11. The summed E-state index contributed by atoms with van der Waals surface area (Å²) in [7, 11) is 3.10. The van der Waals surface area contributed by atoms with E-state index in [0.29, 0.717) is 32.0 Å². The molecule has 2 heterocycles. The molecule has 230 valence electrons. The fourth-order valence-electron chi connectivity index (χ4n) is 6.02. The van der Waals surface area contributed by atoms with Crippen molar-refractivity contribution in [2.45, 2.75) is 43.1 Å². The number of methoxy groups -OCH3 is 1. The van der Waals surface area contributed by atoms with E-state index in [1.807, 2.05) is 24.5 Å². The Balaban J connectivity index is 1.35. The third-order valence-corrected chi connectivity index (χ3v) is 9.65. The number of benzene rings is 3. The van der Waals surface area contributed by atoms with E-state index in [1.54, 1.807) is 23.7 Å². The summed E-state index contributed by atoms with van der Waals surface area (Å²) >= 11 is 1.73.